The van der Waals surface area contributed by atoms with E-state index in [9.17, 15) is 14.4 Å². The van der Waals surface area contributed by atoms with Gasteiger partial charge in [-0.05, 0) is 60.2 Å². The van der Waals surface area contributed by atoms with Crippen LogP contribution in [0.2, 0.25) is 0 Å². The predicted octanol–water partition coefficient (Wildman–Crippen LogP) is 4.28. The van der Waals surface area contributed by atoms with Gasteiger partial charge in [0.05, 0.1) is 22.9 Å². The van der Waals surface area contributed by atoms with E-state index in [-0.39, 0.29) is 11.5 Å². The van der Waals surface area contributed by atoms with Gasteiger partial charge in [-0.15, -0.1) is 0 Å². The topological polar surface area (TPSA) is 107 Å². The highest BCUT2D eigenvalue weighted by molar-refractivity contribution is 5.95. The summed E-state index contributed by atoms with van der Waals surface area (Å²) >= 11 is 0. The van der Waals surface area contributed by atoms with Gasteiger partial charge in [0.2, 0.25) is 0 Å². The number of pyridine rings is 1. The Balaban J connectivity index is 1.55. The van der Waals surface area contributed by atoms with Gasteiger partial charge in [0.1, 0.15) is 0 Å². The summed E-state index contributed by atoms with van der Waals surface area (Å²) in [5, 5.41) is 3.93. The molecular weight excluding hydrogens is 446 g/mol. The first kappa shape index (κ1) is 23.1. The Morgan fingerprint density at radius 2 is 1.31 bits per heavy atom. The number of hydrogen-bond donors (Lipinski definition) is 1. The van der Waals surface area contributed by atoms with Gasteiger partial charge < -0.3 is 9.47 Å². The maximum absolute atomic E-state index is 12.6. The highest BCUT2D eigenvalue weighted by Gasteiger charge is 2.17. The molecule has 0 fully saturated rings. The van der Waals surface area contributed by atoms with Gasteiger partial charge in [-0.1, -0.05) is 36.4 Å². The summed E-state index contributed by atoms with van der Waals surface area (Å²) in [7, 11) is 0. The van der Waals surface area contributed by atoms with Crippen LogP contribution in [0.3, 0.4) is 0 Å². The number of hydrazone groups is 1. The molecule has 0 spiro atoms. The molecule has 0 unspecified atom stereocenters. The summed E-state index contributed by atoms with van der Waals surface area (Å²) in [5.74, 6) is -1.59. The molecule has 0 saturated carbocycles. The van der Waals surface area contributed by atoms with Crippen molar-refractivity contribution in [2.45, 2.75) is 0 Å². The molecule has 0 atom stereocenters. The summed E-state index contributed by atoms with van der Waals surface area (Å²) in [6.07, 6.45) is 4.35. The number of amides is 1. The van der Waals surface area contributed by atoms with Gasteiger partial charge in [-0.25, -0.2) is 15.0 Å². The van der Waals surface area contributed by atoms with Crippen molar-refractivity contribution in [3.05, 3.63) is 126 Å². The quantitative estimate of drug-likeness (QED) is 0.189. The van der Waals surface area contributed by atoms with Crippen LogP contribution in [0.1, 0.15) is 36.6 Å². The van der Waals surface area contributed by atoms with Crippen molar-refractivity contribution in [2.24, 2.45) is 5.10 Å². The Kier molecular flexibility index (Phi) is 7.35. The number of ether oxygens (including phenoxy) is 2. The summed E-state index contributed by atoms with van der Waals surface area (Å²) in [5.41, 5.74) is 3.92. The molecule has 172 valence electrons. The van der Waals surface area contributed by atoms with Crippen LogP contribution < -0.4 is 14.9 Å². The first-order valence-electron chi connectivity index (χ1n) is 10.5. The molecule has 4 aromatic rings. The van der Waals surface area contributed by atoms with E-state index in [1.165, 1.54) is 24.5 Å². The van der Waals surface area contributed by atoms with Crippen LogP contribution in [0.25, 0.3) is 0 Å². The molecule has 0 aliphatic rings. The third-order valence-electron chi connectivity index (χ3n) is 4.70. The lowest BCUT2D eigenvalue weighted by atomic mass is 10.2. The van der Waals surface area contributed by atoms with E-state index in [4.69, 9.17) is 9.47 Å². The van der Waals surface area contributed by atoms with E-state index in [0.717, 1.165) is 0 Å². The van der Waals surface area contributed by atoms with E-state index in [2.05, 4.69) is 15.5 Å². The molecule has 1 amide bonds. The Bertz CT molecular complexity index is 1360. The fourth-order valence-electron chi connectivity index (χ4n) is 2.96. The van der Waals surface area contributed by atoms with Crippen LogP contribution in [0, 0.1) is 0 Å². The first-order chi connectivity index (χ1) is 17.1. The number of esters is 2. The SMILES string of the molecule is O=C(N/N=C\c1ccc(OC(=O)c2ccccc2)c(OC(=O)c2ccccc2)c1)c1cccnc1. The van der Waals surface area contributed by atoms with Crippen LogP contribution in [-0.2, 0) is 0 Å². The summed E-state index contributed by atoms with van der Waals surface area (Å²) < 4.78 is 11.0. The number of aromatic nitrogens is 1. The molecule has 3 aromatic carbocycles. The van der Waals surface area contributed by atoms with Crippen LogP contribution in [0.5, 0.6) is 11.5 Å². The Morgan fingerprint density at radius 3 is 1.91 bits per heavy atom. The zero-order valence-corrected chi connectivity index (χ0v) is 18.3. The van der Waals surface area contributed by atoms with Gasteiger partial charge in [0, 0.05) is 12.4 Å². The third-order valence-corrected chi connectivity index (χ3v) is 4.70. The molecule has 0 radical (unpaired) electrons. The van der Waals surface area contributed by atoms with Gasteiger partial charge in [0.25, 0.3) is 5.91 Å². The predicted molar refractivity (Wildman–Crippen MR) is 129 cm³/mol. The number of carbonyl (C=O) groups is 3. The highest BCUT2D eigenvalue weighted by atomic mass is 16.6. The maximum Gasteiger partial charge on any atom is 0.343 e. The van der Waals surface area contributed by atoms with Crippen LogP contribution >= 0.6 is 0 Å². The number of nitrogens with one attached hydrogen (secondary N) is 1. The molecule has 0 aliphatic carbocycles. The normalized spacial score (nSPS) is 10.5. The van der Waals surface area contributed by atoms with E-state index in [0.29, 0.717) is 22.3 Å². The second-order valence-electron chi connectivity index (χ2n) is 7.16. The lowest BCUT2D eigenvalue weighted by Crippen LogP contribution is -2.17. The number of carbonyl (C=O) groups excluding carboxylic acids is 3. The fraction of sp³-hybridized carbons (Fsp3) is 0. The minimum Gasteiger partial charge on any atom is -0.419 e. The average Bonchev–Trinajstić information content (AvgIpc) is 2.91. The molecule has 0 bridgehead atoms. The monoisotopic (exact) mass is 465 g/mol. The van der Waals surface area contributed by atoms with Gasteiger partial charge in [-0.2, -0.15) is 5.10 Å². The van der Waals surface area contributed by atoms with Crippen LogP contribution in [0.4, 0.5) is 0 Å². The molecule has 1 aromatic heterocycles. The van der Waals surface area contributed by atoms with E-state index in [1.54, 1.807) is 85.1 Å². The number of nitrogens with zero attached hydrogens (tertiary/aromatic N) is 2. The second-order valence-corrected chi connectivity index (χ2v) is 7.16. The molecule has 35 heavy (non-hydrogen) atoms. The summed E-state index contributed by atoms with van der Waals surface area (Å²) in [6, 6.07) is 24.7. The van der Waals surface area contributed by atoms with Crippen LogP contribution in [-0.4, -0.2) is 29.0 Å². The molecule has 0 saturated heterocycles. The molecule has 8 nitrogen and oxygen atoms in total. The Morgan fingerprint density at radius 1 is 0.714 bits per heavy atom. The second kappa shape index (κ2) is 11.2. The molecular formula is C27H19N3O5. The fourth-order valence-corrected chi connectivity index (χ4v) is 2.96. The minimum absolute atomic E-state index is 0.0191. The van der Waals surface area contributed by atoms with E-state index >= 15 is 0 Å². The zero-order valence-electron chi connectivity index (χ0n) is 18.3. The minimum atomic E-state index is -0.624. The Labute approximate surface area is 200 Å². The van der Waals surface area contributed by atoms with Gasteiger partial charge in [0.15, 0.2) is 11.5 Å². The van der Waals surface area contributed by atoms with Gasteiger partial charge in [-0.3, -0.25) is 9.78 Å². The van der Waals surface area contributed by atoms with Gasteiger partial charge >= 0.3 is 11.9 Å². The molecule has 1 N–H and O–H groups in total. The largest absolute Gasteiger partial charge is 0.419 e. The highest BCUT2D eigenvalue weighted by Crippen LogP contribution is 2.30. The third kappa shape index (κ3) is 6.23. The number of benzene rings is 3. The van der Waals surface area contributed by atoms with Crippen molar-refractivity contribution in [3.63, 3.8) is 0 Å². The molecule has 1 heterocycles. The lowest BCUT2D eigenvalue weighted by molar-refractivity contribution is 0.0682. The smallest absolute Gasteiger partial charge is 0.343 e. The molecule has 8 heteroatoms. The molecule has 4 rings (SSSR count). The maximum atomic E-state index is 12.6. The van der Waals surface area contributed by atoms with Crippen molar-refractivity contribution in [1.29, 1.82) is 0 Å². The lowest BCUT2D eigenvalue weighted by Gasteiger charge is -2.11. The van der Waals surface area contributed by atoms with E-state index < -0.39 is 17.8 Å². The standard InChI is InChI=1S/C27H19N3O5/c31-25(22-12-7-15-28-18-22)30-29-17-19-13-14-23(34-26(32)20-8-3-1-4-9-20)24(16-19)35-27(33)21-10-5-2-6-11-21/h1-18H,(H,30,31)/b29-17-. The molecule has 0 aliphatic heterocycles. The summed E-state index contributed by atoms with van der Waals surface area (Å²) in [6.45, 7) is 0. The van der Waals surface area contributed by atoms with Crippen molar-refractivity contribution in [3.8, 4) is 11.5 Å². The van der Waals surface area contributed by atoms with E-state index in [1.807, 2.05) is 0 Å². The van der Waals surface area contributed by atoms with Crippen molar-refractivity contribution in [1.82, 2.24) is 10.4 Å². The zero-order chi connectivity index (χ0) is 24.5. The van der Waals surface area contributed by atoms with Crippen molar-refractivity contribution >= 4 is 24.1 Å². The van der Waals surface area contributed by atoms with Crippen LogP contribution in [0.15, 0.2) is 108 Å². The first-order valence-corrected chi connectivity index (χ1v) is 10.5. The Hall–Kier alpha value is -5.11. The summed E-state index contributed by atoms with van der Waals surface area (Å²) in [4.78, 5) is 41.2. The number of hydrogen-bond acceptors (Lipinski definition) is 7. The average molecular weight is 465 g/mol. The van der Waals surface area contributed by atoms with Crippen molar-refractivity contribution < 1.29 is 23.9 Å². The number of rotatable bonds is 7. The van der Waals surface area contributed by atoms with Crippen molar-refractivity contribution in [2.75, 3.05) is 0 Å².